The van der Waals surface area contributed by atoms with Gasteiger partial charge in [0.2, 0.25) is 5.91 Å². The van der Waals surface area contributed by atoms with E-state index in [1.54, 1.807) is 19.2 Å². The van der Waals surface area contributed by atoms with Crippen molar-refractivity contribution in [1.29, 1.82) is 0 Å². The minimum Gasteiger partial charge on any atom is -0.495 e. The Balaban J connectivity index is 1.75. The van der Waals surface area contributed by atoms with Crippen LogP contribution in [0.2, 0.25) is 0 Å². The van der Waals surface area contributed by atoms with Crippen LogP contribution >= 0.6 is 0 Å². The maximum absolute atomic E-state index is 13.5. The number of urea groups is 1. The lowest BCUT2D eigenvalue weighted by Crippen LogP contribution is -2.62. The van der Waals surface area contributed by atoms with E-state index in [-0.39, 0.29) is 11.9 Å². The number of nitrogens with one attached hydrogen (secondary N) is 2. The van der Waals surface area contributed by atoms with E-state index in [1.807, 2.05) is 17.0 Å². The molecule has 3 amide bonds. The molecule has 1 heterocycles. The number of likely N-dealkylation sites (tertiary alicyclic amines) is 1. The normalized spacial score (nSPS) is 24.3. The summed E-state index contributed by atoms with van der Waals surface area (Å²) in [6.07, 6.45) is 5.57. The SMILES string of the molecule is COc1ccccc1NC(=O)NC1(C(=O)N2C[C@@H](C)C[C@H](C)C2)CCCCC1. The number of para-hydroxylation sites is 2. The molecule has 2 N–H and O–H groups in total. The van der Waals surface area contributed by atoms with Gasteiger partial charge in [-0.15, -0.1) is 0 Å². The molecule has 1 saturated carbocycles. The number of rotatable bonds is 4. The van der Waals surface area contributed by atoms with Crippen molar-refractivity contribution in [2.24, 2.45) is 11.8 Å². The molecule has 0 bridgehead atoms. The van der Waals surface area contributed by atoms with Crippen molar-refractivity contribution >= 4 is 17.6 Å². The lowest BCUT2D eigenvalue weighted by atomic mass is 9.79. The van der Waals surface area contributed by atoms with Gasteiger partial charge in [-0.25, -0.2) is 4.79 Å². The van der Waals surface area contributed by atoms with Crippen LogP contribution in [0.1, 0.15) is 52.4 Å². The molecule has 6 heteroatoms. The minimum absolute atomic E-state index is 0.0841. The van der Waals surface area contributed by atoms with E-state index < -0.39 is 5.54 Å². The second-order valence-corrected chi connectivity index (χ2v) is 8.58. The van der Waals surface area contributed by atoms with Crippen LogP contribution in [0.4, 0.5) is 10.5 Å². The lowest BCUT2D eigenvalue weighted by molar-refractivity contribution is -0.142. The molecular formula is C22H33N3O3. The molecular weight excluding hydrogens is 354 g/mol. The Hall–Kier alpha value is -2.24. The van der Waals surface area contributed by atoms with Crippen LogP contribution in [0.15, 0.2) is 24.3 Å². The standard InChI is InChI=1S/C22H33N3O3/c1-16-13-17(2)15-25(14-16)20(26)22(11-7-4-8-12-22)24-21(27)23-18-9-5-6-10-19(18)28-3/h5-6,9-10,16-17H,4,7-8,11-15H2,1-3H3,(H2,23,24,27)/t16-,17-/m0/s1. The summed E-state index contributed by atoms with van der Waals surface area (Å²) in [6.45, 7) is 5.96. The number of amides is 3. The highest BCUT2D eigenvalue weighted by Crippen LogP contribution is 2.33. The van der Waals surface area contributed by atoms with Crippen LogP contribution < -0.4 is 15.4 Å². The first-order chi connectivity index (χ1) is 13.4. The number of piperidine rings is 1. The summed E-state index contributed by atoms with van der Waals surface area (Å²) in [7, 11) is 1.57. The van der Waals surface area contributed by atoms with Gasteiger partial charge >= 0.3 is 6.03 Å². The summed E-state index contributed by atoms with van der Waals surface area (Å²) in [6, 6.07) is 6.94. The quantitative estimate of drug-likeness (QED) is 0.820. The molecule has 0 aromatic heterocycles. The molecule has 0 radical (unpaired) electrons. The molecule has 28 heavy (non-hydrogen) atoms. The second-order valence-electron chi connectivity index (χ2n) is 8.58. The van der Waals surface area contributed by atoms with Crippen molar-refractivity contribution in [1.82, 2.24) is 10.2 Å². The van der Waals surface area contributed by atoms with Crippen molar-refractivity contribution in [2.75, 3.05) is 25.5 Å². The summed E-state index contributed by atoms with van der Waals surface area (Å²) >= 11 is 0. The first-order valence-corrected chi connectivity index (χ1v) is 10.4. The number of hydrogen-bond donors (Lipinski definition) is 2. The molecule has 1 aromatic rings. The van der Waals surface area contributed by atoms with E-state index >= 15 is 0 Å². The number of methoxy groups -OCH3 is 1. The fourth-order valence-corrected chi connectivity index (χ4v) is 4.80. The van der Waals surface area contributed by atoms with Crippen LogP contribution in [0, 0.1) is 11.8 Å². The number of ether oxygens (including phenoxy) is 1. The molecule has 1 aliphatic heterocycles. The van der Waals surface area contributed by atoms with Gasteiger partial charge in [0.15, 0.2) is 0 Å². The zero-order valence-corrected chi connectivity index (χ0v) is 17.3. The fourth-order valence-electron chi connectivity index (χ4n) is 4.80. The predicted molar refractivity (Wildman–Crippen MR) is 110 cm³/mol. The van der Waals surface area contributed by atoms with E-state index in [0.717, 1.165) is 38.8 Å². The van der Waals surface area contributed by atoms with Crippen molar-refractivity contribution in [3.8, 4) is 5.75 Å². The smallest absolute Gasteiger partial charge is 0.320 e. The van der Waals surface area contributed by atoms with Crippen LogP contribution in [-0.4, -0.2) is 42.6 Å². The molecule has 1 aliphatic carbocycles. The third-order valence-electron chi connectivity index (χ3n) is 5.98. The molecule has 1 aromatic carbocycles. The highest BCUT2D eigenvalue weighted by molar-refractivity contribution is 5.97. The largest absolute Gasteiger partial charge is 0.495 e. The number of carbonyl (C=O) groups excluding carboxylic acids is 2. The summed E-state index contributed by atoms with van der Waals surface area (Å²) in [5.74, 6) is 1.67. The van der Waals surface area contributed by atoms with Gasteiger partial charge in [0.1, 0.15) is 11.3 Å². The zero-order chi connectivity index (χ0) is 20.1. The monoisotopic (exact) mass is 387 g/mol. The highest BCUT2D eigenvalue weighted by atomic mass is 16.5. The zero-order valence-electron chi connectivity index (χ0n) is 17.3. The van der Waals surface area contributed by atoms with E-state index in [0.29, 0.717) is 36.1 Å². The molecule has 0 spiro atoms. The van der Waals surface area contributed by atoms with Gasteiger partial charge in [-0.05, 0) is 43.2 Å². The number of carbonyl (C=O) groups is 2. The van der Waals surface area contributed by atoms with Crippen molar-refractivity contribution in [3.05, 3.63) is 24.3 Å². The Labute approximate surface area is 168 Å². The van der Waals surface area contributed by atoms with Crippen LogP contribution in [0.25, 0.3) is 0 Å². The summed E-state index contributed by atoms with van der Waals surface area (Å²) in [5.41, 5.74) is -0.206. The molecule has 0 unspecified atom stereocenters. The van der Waals surface area contributed by atoms with E-state index in [4.69, 9.17) is 4.74 Å². The van der Waals surface area contributed by atoms with Gasteiger partial charge in [-0.3, -0.25) is 4.79 Å². The maximum atomic E-state index is 13.5. The molecule has 2 aliphatic rings. The third-order valence-corrected chi connectivity index (χ3v) is 5.98. The van der Waals surface area contributed by atoms with Gasteiger partial charge in [0, 0.05) is 13.1 Å². The predicted octanol–water partition coefficient (Wildman–Crippen LogP) is 4.02. The first kappa shape index (κ1) is 20.5. The Morgan fingerprint density at radius 2 is 1.71 bits per heavy atom. The highest BCUT2D eigenvalue weighted by Gasteiger charge is 2.44. The molecule has 6 nitrogen and oxygen atoms in total. The second kappa shape index (κ2) is 8.84. The van der Waals surface area contributed by atoms with Crippen molar-refractivity contribution < 1.29 is 14.3 Å². The Morgan fingerprint density at radius 3 is 2.36 bits per heavy atom. The van der Waals surface area contributed by atoms with Crippen molar-refractivity contribution in [2.45, 2.75) is 57.9 Å². The average molecular weight is 388 g/mol. The third kappa shape index (κ3) is 4.59. The number of anilines is 1. The first-order valence-electron chi connectivity index (χ1n) is 10.4. The Kier molecular flexibility index (Phi) is 6.47. The van der Waals surface area contributed by atoms with Crippen molar-refractivity contribution in [3.63, 3.8) is 0 Å². The summed E-state index contributed by atoms with van der Waals surface area (Å²) in [4.78, 5) is 28.3. The van der Waals surface area contributed by atoms with Crippen LogP contribution in [0.5, 0.6) is 5.75 Å². The summed E-state index contributed by atoms with van der Waals surface area (Å²) in [5, 5.41) is 5.93. The Bertz CT molecular complexity index is 690. The van der Waals surface area contributed by atoms with E-state index in [1.165, 1.54) is 0 Å². The average Bonchev–Trinajstić information content (AvgIpc) is 2.67. The molecule has 2 atom stereocenters. The van der Waals surface area contributed by atoms with Gasteiger partial charge in [-0.2, -0.15) is 0 Å². The number of nitrogens with zero attached hydrogens (tertiary/aromatic N) is 1. The van der Waals surface area contributed by atoms with Gasteiger partial charge in [0.25, 0.3) is 0 Å². The minimum atomic E-state index is -0.804. The van der Waals surface area contributed by atoms with Gasteiger partial charge in [-0.1, -0.05) is 45.2 Å². The van der Waals surface area contributed by atoms with E-state index in [9.17, 15) is 9.59 Å². The van der Waals surface area contributed by atoms with Gasteiger partial charge < -0.3 is 20.3 Å². The van der Waals surface area contributed by atoms with Crippen LogP contribution in [0.3, 0.4) is 0 Å². The Morgan fingerprint density at radius 1 is 1.07 bits per heavy atom. The summed E-state index contributed by atoms with van der Waals surface area (Å²) < 4.78 is 5.31. The number of benzene rings is 1. The fraction of sp³-hybridized carbons (Fsp3) is 0.636. The van der Waals surface area contributed by atoms with Gasteiger partial charge in [0.05, 0.1) is 12.8 Å². The maximum Gasteiger partial charge on any atom is 0.320 e. The number of hydrogen-bond acceptors (Lipinski definition) is 3. The van der Waals surface area contributed by atoms with Crippen LogP contribution in [-0.2, 0) is 4.79 Å². The molecule has 2 fully saturated rings. The topological polar surface area (TPSA) is 70.7 Å². The van der Waals surface area contributed by atoms with E-state index in [2.05, 4.69) is 24.5 Å². The molecule has 1 saturated heterocycles. The molecule has 154 valence electrons. The molecule has 3 rings (SSSR count). The lowest BCUT2D eigenvalue weighted by Gasteiger charge is -2.43.